The van der Waals surface area contributed by atoms with E-state index in [4.69, 9.17) is 5.10 Å². The summed E-state index contributed by atoms with van der Waals surface area (Å²) in [5.41, 5.74) is 3.69. The third-order valence-electron chi connectivity index (χ3n) is 3.74. The van der Waals surface area contributed by atoms with Crippen LogP contribution in [0.25, 0.3) is 16.9 Å². The lowest BCUT2D eigenvalue weighted by Gasteiger charge is -2.20. The molecule has 2 aromatic carbocycles. The molecule has 0 saturated heterocycles. The van der Waals surface area contributed by atoms with E-state index >= 15 is 0 Å². The molecule has 0 fully saturated rings. The van der Waals surface area contributed by atoms with Gasteiger partial charge in [0, 0.05) is 11.0 Å². The molecular weight excluding hydrogens is 288 g/mol. The molecule has 0 aliphatic rings. The number of rotatable bonds is 2. The van der Waals surface area contributed by atoms with Crippen LogP contribution in [0.4, 0.5) is 0 Å². The SMILES string of the molecule is CC(C)(C)c1cc(-c2ccc(O)cc2)nn1-c1ccc(O)cc1. The van der Waals surface area contributed by atoms with E-state index < -0.39 is 0 Å². The predicted octanol–water partition coefficient (Wildman–Crippen LogP) is 4.25. The van der Waals surface area contributed by atoms with Crippen LogP contribution in [0.5, 0.6) is 11.5 Å². The van der Waals surface area contributed by atoms with Gasteiger partial charge in [-0.25, -0.2) is 4.68 Å². The van der Waals surface area contributed by atoms with Gasteiger partial charge in [-0.05, 0) is 54.6 Å². The van der Waals surface area contributed by atoms with Crippen molar-refractivity contribution in [2.24, 2.45) is 0 Å². The van der Waals surface area contributed by atoms with Crippen LogP contribution >= 0.6 is 0 Å². The van der Waals surface area contributed by atoms with E-state index in [0.29, 0.717) is 0 Å². The van der Waals surface area contributed by atoms with Gasteiger partial charge in [-0.15, -0.1) is 0 Å². The zero-order chi connectivity index (χ0) is 16.6. The second kappa shape index (κ2) is 5.47. The summed E-state index contributed by atoms with van der Waals surface area (Å²) in [6.45, 7) is 6.42. The monoisotopic (exact) mass is 308 g/mol. The normalized spacial score (nSPS) is 11.6. The van der Waals surface area contributed by atoms with E-state index in [1.165, 1.54) is 0 Å². The fourth-order valence-corrected chi connectivity index (χ4v) is 2.48. The fourth-order valence-electron chi connectivity index (χ4n) is 2.48. The lowest BCUT2D eigenvalue weighted by atomic mass is 9.91. The van der Waals surface area contributed by atoms with E-state index in [1.54, 1.807) is 24.3 Å². The maximum absolute atomic E-state index is 9.49. The second-order valence-electron chi connectivity index (χ2n) is 6.64. The maximum Gasteiger partial charge on any atom is 0.115 e. The molecule has 3 aromatic rings. The fraction of sp³-hybridized carbons (Fsp3) is 0.211. The van der Waals surface area contributed by atoms with Gasteiger partial charge in [0.2, 0.25) is 0 Å². The Morgan fingerprint density at radius 3 is 1.87 bits per heavy atom. The topological polar surface area (TPSA) is 58.3 Å². The molecule has 23 heavy (non-hydrogen) atoms. The number of benzene rings is 2. The zero-order valence-electron chi connectivity index (χ0n) is 13.5. The van der Waals surface area contributed by atoms with Crippen molar-refractivity contribution in [2.75, 3.05) is 0 Å². The highest BCUT2D eigenvalue weighted by Gasteiger charge is 2.22. The summed E-state index contributed by atoms with van der Waals surface area (Å²) in [5.74, 6) is 0.472. The van der Waals surface area contributed by atoms with Gasteiger partial charge in [-0.3, -0.25) is 0 Å². The highest BCUT2D eigenvalue weighted by Crippen LogP contribution is 2.30. The molecule has 0 aliphatic heterocycles. The summed E-state index contributed by atoms with van der Waals surface area (Å²) in [6.07, 6.45) is 0. The molecule has 1 aromatic heterocycles. The summed E-state index contributed by atoms with van der Waals surface area (Å²) in [4.78, 5) is 0. The molecule has 118 valence electrons. The first-order valence-electron chi connectivity index (χ1n) is 7.54. The minimum Gasteiger partial charge on any atom is -0.508 e. The molecule has 1 heterocycles. The predicted molar refractivity (Wildman–Crippen MR) is 91.0 cm³/mol. The van der Waals surface area contributed by atoms with Crippen LogP contribution in [0, 0.1) is 0 Å². The smallest absolute Gasteiger partial charge is 0.115 e. The van der Waals surface area contributed by atoms with Crippen molar-refractivity contribution >= 4 is 0 Å². The highest BCUT2D eigenvalue weighted by atomic mass is 16.3. The average Bonchev–Trinajstić information content (AvgIpc) is 2.94. The van der Waals surface area contributed by atoms with Gasteiger partial charge < -0.3 is 10.2 Å². The molecule has 0 unspecified atom stereocenters. The molecule has 2 N–H and O–H groups in total. The molecule has 3 rings (SSSR count). The minimum absolute atomic E-state index is 0.0833. The summed E-state index contributed by atoms with van der Waals surface area (Å²) in [6, 6.07) is 16.1. The molecule has 0 amide bonds. The zero-order valence-corrected chi connectivity index (χ0v) is 13.5. The quantitative estimate of drug-likeness (QED) is 0.744. The molecule has 0 spiro atoms. The number of phenols is 2. The molecular formula is C19H20N2O2. The van der Waals surface area contributed by atoms with Crippen LogP contribution < -0.4 is 0 Å². The Balaban J connectivity index is 2.14. The van der Waals surface area contributed by atoms with Crippen molar-refractivity contribution in [3.63, 3.8) is 0 Å². The first kappa shape index (κ1) is 15.2. The lowest BCUT2D eigenvalue weighted by molar-refractivity contribution is 0.474. The van der Waals surface area contributed by atoms with E-state index in [-0.39, 0.29) is 16.9 Å². The first-order chi connectivity index (χ1) is 10.8. The van der Waals surface area contributed by atoms with Gasteiger partial charge in [-0.1, -0.05) is 20.8 Å². The van der Waals surface area contributed by atoms with E-state index in [0.717, 1.165) is 22.6 Å². The van der Waals surface area contributed by atoms with Crippen molar-refractivity contribution in [3.05, 3.63) is 60.3 Å². The Bertz CT molecular complexity index is 810. The molecule has 4 nitrogen and oxygen atoms in total. The minimum atomic E-state index is -0.0833. The van der Waals surface area contributed by atoms with Crippen LogP contribution in [-0.4, -0.2) is 20.0 Å². The Labute approximate surface area is 135 Å². The third kappa shape index (κ3) is 3.06. The Hall–Kier alpha value is -2.75. The van der Waals surface area contributed by atoms with Crippen LogP contribution in [0.3, 0.4) is 0 Å². The van der Waals surface area contributed by atoms with Crippen molar-refractivity contribution in [3.8, 4) is 28.4 Å². The first-order valence-corrected chi connectivity index (χ1v) is 7.54. The third-order valence-corrected chi connectivity index (χ3v) is 3.74. The number of phenolic OH excluding ortho intramolecular Hbond substituents is 2. The van der Waals surface area contributed by atoms with Gasteiger partial charge in [0.1, 0.15) is 11.5 Å². The number of hydrogen-bond donors (Lipinski definition) is 2. The van der Waals surface area contributed by atoms with Gasteiger partial charge in [0.05, 0.1) is 17.1 Å². The van der Waals surface area contributed by atoms with Crippen LogP contribution in [0.1, 0.15) is 26.5 Å². The summed E-state index contributed by atoms with van der Waals surface area (Å²) < 4.78 is 1.90. The van der Waals surface area contributed by atoms with Gasteiger partial charge >= 0.3 is 0 Å². The van der Waals surface area contributed by atoms with Crippen LogP contribution in [-0.2, 0) is 5.41 Å². The molecule has 0 atom stereocenters. The van der Waals surface area contributed by atoms with E-state index in [9.17, 15) is 10.2 Å². The maximum atomic E-state index is 9.49. The van der Waals surface area contributed by atoms with E-state index in [1.807, 2.05) is 28.9 Å². The number of hydrogen-bond acceptors (Lipinski definition) is 3. The summed E-state index contributed by atoms with van der Waals surface area (Å²) in [5, 5.41) is 23.7. The van der Waals surface area contributed by atoms with Crippen molar-refractivity contribution in [2.45, 2.75) is 26.2 Å². The molecule has 4 heteroatoms. The average molecular weight is 308 g/mol. The van der Waals surface area contributed by atoms with Gasteiger partial charge in [0.25, 0.3) is 0 Å². The highest BCUT2D eigenvalue weighted by molar-refractivity contribution is 5.61. The van der Waals surface area contributed by atoms with Crippen molar-refractivity contribution in [1.29, 1.82) is 0 Å². The number of aromatic nitrogens is 2. The largest absolute Gasteiger partial charge is 0.508 e. The summed E-state index contributed by atoms with van der Waals surface area (Å²) in [7, 11) is 0. The number of nitrogens with zero attached hydrogens (tertiary/aromatic N) is 2. The van der Waals surface area contributed by atoms with Crippen molar-refractivity contribution in [1.82, 2.24) is 9.78 Å². The Kier molecular flexibility index (Phi) is 3.60. The standard InChI is InChI=1S/C19H20N2O2/c1-19(2,3)18-12-17(13-4-8-15(22)9-5-13)20-21(18)14-6-10-16(23)11-7-14/h4-12,22-23H,1-3H3. The molecule has 0 saturated carbocycles. The molecule has 0 radical (unpaired) electrons. The summed E-state index contributed by atoms with van der Waals surface area (Å²) >= 11 is 0. The van der Waals surface area contributed by atoms with E-state index in [2.05, 4.69) is 26.8 Å². The van der Waals surface area contributed by atoms with Crippen LogP contribution in [0.15, 0.2) is 54.6 Å². The lowest BCUT2D eigenvalue weighted by Crippen LogP contribution is -2.17. The van der Waals surface area contributed by atoms with Gasteiger partial charge in [-0.2, -0.15) is 5.10 Å². The number of aromatic hydroxyl groups is 2. The molecule has 0 bridgehead atoms. The van der Waals surface area contributed by atoms with Crippen molar-refractivity contribution < 1.29 is 10.2 Å². The van der Waals surface area contributed by atoms with Gasteiger partial charge in [0.15, 0.2) is 0 Å². The Morgan fingerprint density at radius 2 is 1.35 bits per heavy atom. The Morgan fingerprint density at radius 1 is 0.826 bits per heavy atom. The second-order valence-corrected chi connectivity index (χ2v) is 6.64. The molecule has 0 aliphatic carbocycles. The van der Waals surface area contributed by atoms with Crippen LogP contribution in [0.2, 0.25) is 0 Å².